The molecule has 10 heteroatoms. The number of aromatic amines is 1. The van der Waals surface area contributed by atoms with E-state index in [1.54, 1.807) is 24.5 Å². The van der Waals surface area contributed by atoms with Crippen LogP contribution in [0.2, 0.25) is 5.02 Å². The molecule has 4 rings (SSSR count). The summed E-state index contributed by atoms with van der Waals surface area (Å²) in [4.78, 5) is 19.1. The Hall–Kier alpha value is -3.20. The molecular formula is C19H16ClF3N6. The van der Waals surface area contributed by atoms with Crippen LogP contribution in [-0.4, -0.2) is 24.9 Å². The second kappa shape index (κ2) is 8.44. The van der Waals surface area contributed by atoms with Crippen molar-refractivity contribution in [1.29, 1.82) is 0 Å². The van der Waals surface area contributed by atoms with Crippen molar-refractivity contribution in [2.24, 2.45) is 0 Å². The molecule has 0 saturated heterocycles. The van der Waals surface area contributed by atoms with Gasteiger partial charge in [0.2, 0.25) is 0 Å². The number of aromatic nitrogens is 5. The summed E-state index contributed by atoms with van der Waals surface area (Å²) in [6, 6.07) is 6.98. The standard InChI is InChI=1S/C17H10ClF3N6.C2H6/c18-10-8-22-6-5-11(10)25-15-9-4-7-23-14(9)26-16(27-15)12-2-1-3-13(24-12)17(19,20)21;1-2/h1-8H,(H2,22,23,25,26,27);1-2H3. The lowest BCUT2D eigenvalue weighted by molar-refractivity contribution is -0.141. The van der Waals surface area contributed by atoms with Gasteiger partial charge in [-0.2, -0.15) is 13.2 Å². The molecule has 0 radical (unpaired) electrons. The highest BCUT2D eigenvalue weighted by atomic mass is 35.5. The monoisotopic (exact) mass is 420 g/mol. The third kappa shape index (κ3) is 4.45. The summed E-state index contributed by atoms with van der Waals surface area (Å²) in [5.74, 6) is 0.423. The minimum atomic E-state index is -4.56. The van der Waals surface area contributed by atoms with Gasteiger partial charge >= 0.3 is 6.18 Å². The van der Waals surface area contributed by atoms with Gasteiger partial charge in [0.1, 0.15) is 22.9 Å². The minimum absolute atomic E-state index is 0.00482. The third-order valence-corrected chi connectivity index (χ3v) is 4.01. The smallest absolute Gasteiger partial charge is 0.346 e. The number of halogens is 4. The van der Waals surface area contributed by atoms with E-state index in [4.69, 9.17) is 11.6 Å². The van der Waals surface area contributed by atoms with Crippen LogP contribution in [0.4, 0.5) is 24.7 Å². The number of hydrogen-bond donors (Lipinski definition) is 2. The Bertz CT molecular complexity index is 1130. The van der Waals surface area contributed by atoms with E-state index in [1.807, 2.05) is 13.8 Å². The summed E-state index contributed by atoms with van der Waals surface area (Å²) >= 11 is 6.11. The number of nitrogens with zero attached hydrogens (tertiary/aromatic N) is 4. The predicted molar refractivity (Wildman–Crippen MR) is 106 cm³/mol. The van der Waals surface area contributed by atoms with E-state index in [0.717, 1.165) is 6.07 Å². The van der Waals surface area contributed by atoms with E-state index in [2.05, 4.69) is 30.2 Å². The fourth-order valence-electron chi connectivity index (χ4n) is 2.47. The lowest BCUT2D eigenvalue weighted by Crippen LogP contribution is -2.09. The van der Waals surface area contributed by atoms with Gasteiger partial charge in [0.25, 0.3) is 0 Å². The Labute approximate surface area is 169 Å². The van der Waals surface area contributed by atoms with Crippen molar-refractivity contribution in [3.8, 4) is 11.5 Å². The first-order valence-corrected chi connectivity index (χ1v) is 9.06. The number of anilines is 2. The van der Waals surface area contributed by atoms with Crippen molar-refractivity contribution in [3.05, 3.63) is 59.6 Å². The van der Waals surface area contributed by atoms with Crippen LogP contribution in [0, 0.1) is 0 Å². The van der Waals surface area contributed by atoms with Crippen LogP contribution in [0.3, 0.4) is 0 Å². The number of hydrogen-bond acceptors (Lipinski definition) is 5. The van der Waals surface area contributed by atoms with Crippen molar-refractivity contribution in [3.63, 3.8) is 0 Å². The zero-order valence-electron chi connectivity index (χ0n) is 15.4. The Morgan fingerprint density at radius 1 is 1.03 bits per heavy atom. The number of nitrogens with one attached hydrogen (secondary N) is 2. The summed E-state index contributed by atoms with van der Waals surface area (Å²) in [6.07, 6.45) is 0.119. The van der Waals surface area contributed by atoms with Crippen LogP contribution in [0.1, 0.15) is 19.5 Å². The molecule has 6 nitrogen and oxygen atoms in total. The van der Waals surface area contributed by atoms with Crippen LogP contribution >= 0.6 is 11.6 Å². The highest BCUT2D eigenvalue weighted by Crippen LogP contribution is 2.31. The van der Waals surface area contributed by atoms with E-state index in [0.29, 0.717) is 27.6 Å². The maximum Gasteiger partial charge on any atom is 0.433 e. The van der Waals surface area contributed by atoms with Crippen molar-refractivity contribution < 1.29 is 13.2 Å². The lowest BCUT2D eigenvalue weighted by atomic mass is 10.2. The zero-order valence-corrected chi connectivity index (χ0v) is 16.2. The molecule has 4 aromatic rings. The van der Waals surface area contributed by atoms with Crippen LogP contribution in [0.5, 0.6) is 0 Å². The highest BCUT2D eigenvalue weighted by Gasteiger charge is 2.32. The first kappa shape index (κ1) is 20.5. The molecule has 0 spiro atoms. The topological polar surface area (TPSA) is 79.4 Å². The van der Waals surface area contributed by atoms with Crippen molar-refractivity contribution in [2.45, 2.75) is 20.0 Å². The summed E-state index contributed by atoms with van der Waals surface area (Å²) in [5, 5.41) is 4.09. The first-order chi connectivity index (χ1) is 13.9. The normalized spacial score (nSPS) is 11.1. The van der Waals surface area contributed by atoms with Crippen molar-refractivity contribution in [2.75, 3.05) is 5.32 Å². The molecule has 4 aromatic heterocycles. The predicted octanol–water partition coefficient (Wildman–Crippen LogP) is 5.86. The average molecular weight is 421 g/mol. The molecule has 29 heavy (non-hydrogen) atoms. The molecule has 2 N–H and O–H groups in total. The molecular weight excluding hydrogens is 405 g/mol. The van der Waals surface area contributed by atoms with Crippen LogP contribution in [0.15, 0.2) is 48.9 Å². The Balaban J connectivity index is 0.00000117. The summed E-state index contributed by atoms with van der Waals surface area (Å²) in [5.41, 5.74) is -0.00483. The molecule has 4 heterocycles. The highest BCUT2D eigenvalue weighted by molar-refractivity contribution is 6.33. The largest absolute Gasteiger partial charge is 0.433 e. The summed E-state index contributed by atoms with van der Waals surface area (Å²) in [7, 11) is 0. The molecule has 0 atom stereocenters. The summed E-state index contributed by atoms with van der Waals surface area (Å²) in [6.45, 7) is 4.00. The minimum Gasteiger partial charge on any atom is -0.346 e. The van der Waals surface area contributed by atoms with Gasteiger partial charge in [0.05, 0.1) is 16.1 Å². The second-order valence-corrected chi connectivity index (χ2v) is 5.93. The van der Waals surface area contributed by atoms with Gasteiger partial charge < -0.3 is 10.3 Å². The molecule has 0 saturated carbocycles. The quantitative estimate of drug-likeness (QED) is 0.434. The molecule has 0 aliphatic carbocycles. The fraction of sp³-hybridized carbons (Fsp3) is 0.158. The van der Waals surface area contributed by atoms with Gasteiger partial charge in [0.15, 0.2) is 5.82 Å². The van der Waals surface area contributed by atoms with Gasteiger partial charge in [-0.05, 0) is 24.3 Å². The molecule has 0 aromatic carbocycles. The van der Waals surface area contributed by atoms with Gasteiger partial charge in [-0.3, -0.25) is 4.98 Å². The number of fused-ring (bicyclic) bond motifs is 1. The molecule has 0 aliphatic rings. The molecule has 0 unspecified atom stereocenters. The van der Waals surface area contributed by atoms with Crippen LogP contribution in [-0.2, 0) is 6.18 Å². The average Bonchev–Trinajstić information content (AvgIpc) is 3.20. The molecule has 0 bridgehead atoms. The second-order valence-electron chi connectivity index (χ2n) is 5.52. The maximum absolute atomic E-state index is 13.0. The number of pyridine rings is 2. The zero-order chi connectivity index (χ0) is 21.0. The van der Waals surface area contributed by atoms with E-state index < -0.39 is 11.9 Å². The molecule has 0 fully saturated rings. The van der Waals surface area contributed by atoms with Crippen molar-refractivity contribution in [1.82, 2.24) is 24.9 Å². The van der Waals surface area contributed by atoms with Crippen LogP contribution < -0.4 is 5.32 Å². The Morgan fingerprint density at radius 3 is 2.55 bits per heavy atom. The number of rotatable bonds is 3. The summed E-state index contributed by atoms with van der Waals surface area (Å²) < 4.78 is 38.9. The fourth-order valence-corrected chi connectivity index (χ4v) is 2.64. The van der Waals surface area contributed by atoms with Crippen molar-refractivity contribution >= 4 is 34.1 Å². The van der Waals surface area contributed by atoms with E-state index >= 15 is 0 Å². The van der Waals surface area contributed by atoms with Gasteiger partial charge in [0, 0.05) is 18.6 Å². The molecule has 0 amide bonds. The van der Waals surface area contributed by atoms with Crippen LogP contribution in [0.25, 0.3) is 22.6 Å². The molecule has 0 aliphatic heterocycles. The van der Waals surface area contributed by atoms with E-state index in [-0.39, 0.29) is 11.5 Å². The van der Waals surface area contributed by atoms with Gasteiger partial charge in [-0.25, -0.2) is 15.0 Å². The third-order valence-electron chi connectivity index (χ3n) is 3.71. The molecule has 150 valence electrons. The SMILES string of the molecule is CC.FC(F)(F)c1cccc(-c2nc(Nc3ccncc3Cl)c3cc[nH]c3n2)n1. The maximum atomic E-state index is 13.0. The van der Waals surface area contributed by atoms with E-state index in [9.17, 15) is 13.2 Å². The van der Waals surface area contributed by atoms with Gasteiger partial charge in [-0.1, -0.05) is 31.5 Å². The first-order valence-electron chi connectivity index (χ1n) is 8.68. The van der Waals surface area contributed by atoms with Gasteiger partial charge in [-0.15, -0.1) is 0 Å². The lowest BCUT2D eigenvalue weighted by Gasteiger charge is -2.11. The van der Waals surface area contributed by atoms with E-state index in [1.165, 1.54) is 18.3 Å². The number of H-pyrrole nitrogens is 1. The Kier molecular flexibility index (Phi) is 5.97. The Morgan fingerprint density at radius 2 is 1.83 bits per heavy atom. The number of alkyl halides is 3.